The van der Waals surface area contributed by atoms with E-state index in [1.165, 1.54) is 25.1 Å². The Morgan fingerprint density at radius 3 is 2.18 bits per heavy atom. The highest BCUT2D eigenvalue weighted by Gasteiger charge is 2.38. The Bertz CT molecular complexity index is 372. The van der Waals surface area contributed by atoms with Crippen LogP contribution in [-0.4, -0.2) is 18.3 Å². The summed E-state index contributed by atoms with van der Waals surface area (Å²) < 4.78 is 43.2. The van der Waals surface area contributed by atoms with Gasteiger partial charge in [-0.2, -0.15) is 13.2 Å². The van der Waals surface area contributed by atoms with Crippen molar-refractivity contribution in [2.24, 2.45) is 0 Å². The molecule has 1 atom stereocenters. The van der Waals surface area contributed by atoms with E-state index >= 15 is 0 Å². The monoisotopic (exact) mass is 248 g/mol. The van der Waals surface area contributed by atoms with Crippen LogP contribution in [0.3, 0.4) is 0 Å². The molecule has 0 radical (unpaired) electrons. The van der Waals surface area contributed by atoms with Crippen LogP contribution in [0.5, 0.6) is 0 Å². The molecule has 0 fully saturated rings. The molecule has 1 unspecified atom stereocenters. The molecule has 1 aromatic rings. The van der Waals surface area contributed by atoms with Gasteiger partial charge in [-0.1, -0.05) is 18.2 Å². The highest BCUT2D eigenvalue weighted by atomic mass is 19.4. The van der Waals surface area contributed by atoms with Crippen molar-refractivity contribution in [1.29, 1.82) is 0 Å². The summed E-state index contributed by atoms with van der Waals surface area (Å²) in [6.07, 6.45) is -4.48. The highest BCUT2D eigenvalue weighted by molar-refractivity contribution is 5.34. The SMILES string of the molecule is CCOCC(C)(O)c1ccccc1C(F)(F)F. The average molecular weight is 248 g/mol. The van der Waals surface area contributed by atoms with Crippen molar-refractivity contribution in [1.82, 2.24) is 0 Å². The Kier molecular flexibility index (Phi) is 4.16. The Balaban J connectivity index is 3.13. The van der Waals surface area contributed by atoms with Gasteiger partial charge >= 0.3 is 6.18 Å². The number of hydrogen-bond donors (Lipinski definition) is 1. The van der Waals surface area contributed by atoms with E-state index < -0.39 is 17.3 Å². The van der Waals surface area contributed by atoms with Gasteiger partial charge in [0.05, 0.1) is 12.2 Å². The van der Waals surface area contributed by atoms with Gasteiger partial charge in [0.1, 0.15) is 5.60 Å². The Hall–Kier alpha value is -1.07. The Morgan fingerprint density at radius 1 is 1.18 bits per heavy atom. The second kappa shape index (κ2) is 5.06. The standard InChI is InChI=1S/C12H15F3O2/c1-3-17-8-11(2,16)9-6-4-5-7-10(9)12(13,14)15/h4-7,16H,3,8H2,1-2H3. The maximum atomic E-state index is 12.7. The lowest BCUT2D eigenvalue weighted by Gasteiger charge is -2.26. The molecule has 0 aliphatic heterocycles. The van der Waals surface area contributed by atoms with E-state index in [1.54, 1.807) is 6.92 Å². The van der Waals surface area contributed by atoms with Crippen LogP contribution in [0.15, 0.2) is 24.3 Å². The minimum Gasteiger partial charge on any atom is -0.383 e. The van der Waals surface area contributed by atoms with Crippen molar-refractivity contribution < 1.29 is 23.0 Å². The molecule has 0 bridgehead atoms. The summed E-state index contributed by atoms with van der Waals surface area (Å²) in [5.74, 6) is 0. The molecule has 2 nitrogen and oxygen atoms in total. The largest absolute Gasteiger partial charge is 0.416 e. The zero-order valence-corrected chi connectivity index (χ0v) is 9.71. The van der Waals surface area contributed by atoms with Crippen LogP contribution in [0.2, 0.25) is 0 Å². The molecule has 17 heavy (non-hydrogen) atoms. The molecule has 0 saturated carbocycles. The number of hydrogen-bond acceptors (Lipinski definition) is 2. The smallest absolute Gasteiger partial charge is 0.383 e. The van der Waals surface area contributed by atoms with Crippen molar-refractivity contribution in [3.05, 3.63) is 35.4 Å². The van der Waals surface area contributed by atoms with Gasteiger partial charge in [-0.3, -0.25) is 0 Å². The lowest BCUT2D eigenvalue weighted by molar-refractivity contribution is -0.141. The van der Waals surface area contributed by atoms with Crippen LogP contribution in [0.4, 0.5) is 13.2 Å². The van der Waals surface area contributed by atoms with Gasteiger partial charge in [-0.25, -0.2) is 0 Å². The van der Waals surface area contributed by atoms with E-state index in [1.807, 2.05) is 0 Å². The fourth-order valence-electron chi connectivity index (χ4n) is 1.58. The quantitative estimate of drug-likeness (QED) is 0.887. The van der Waals surface area contributed by atoms with Crippen molar-refractivity contribution in [2.45, 2.75) is 25.6 Å². The number of benzene rings is 1. The predicted molar refractivity (Wildman–Crippen MR) is 57.5 cm³/mol. The van der Waals surface area contributed by atoms with Crippen LogP contribution in [-0.2, 0) is 16.5 Å². The summed E-state index contributed by atoms with van der Waals surface area (Å²) in [5.41, 5.74) is -2.65. The minimum absolute atomic E-state index is 0.166. The summed E-state index contributed by atoms with van der Waals surface area (Å²) in [4.78, 5) is 0. The molecule has 0 heterocycles. The molecule has 0 aliphatic carbocycles. The van der Waals surface area contributed by atoms with Crippen molar-refractivity contribution in [3.63, 3.8) is 0 Å². The molecule has 0 aromatic heterocycles. The van der Waals surface area contributed by atoms with Crippen molar-refractivity contribution in [3.8, 4) is 0 Å². The first kappa shape index (κ1) is 14.0. The first-order valence-corrected chi connectivity index (χ1v) is 5.26. The van der Waals surface area contributed by atoms with E-state index in [4.69, 9.17) is 4.74 Å². The molecule has 1 N–H and O–H groups in total. The molecule has 5 heteroatoms. The first-order valence-electron chi connectivity index (χ1n) is 5.26. The Labute approximate surface area is 98.0 Å². The molecule has 1 aromatic carbocycles. The maximum absolute atomic E-state index is 12.7. The van der Waals surface area contributed by atoms with E-state index in [0.717, 1.165) is 6.07 Å². The number of ether oxygens (including phenoxy) is 1. The fourth-order valence-corrected chi connectivity index (χ4v) is 1.58. The number of alkyl halides is 3. The van der Waals surface area contributed by atoms with Gasteiger partial charge < -0.3 is 9.84 Å². The topological polar surface area (TPSA) is 29.5 Å². The third kappa shape index (κ3) is 3.44. The summed E-state index contributed by atoms with van der Waals surface area (Å²) in [7, 11) is 0. The maximum Gasteiger partial charge on any atom is 0.416 e. The summed E-state index contributed by atoms with van der Waals surface area (Å²) in [6.45, 7) is 3.19. The predicted octanol–water partition coefficient (Wildman–Crippen LogP) is 2.95. The molecular formula is C12H15F3O2. The molecule has 1 rings (SSSR count). The third-order valence-electron chi connectivity index (χ3n) is 2.40. The van der Waals surface area contributed by atoms with Crippen LogP contribution in [0.1, 0.15) is 25.0 Å². The number of aliphatic hydroxyl groups is 1. The van der Waals surface area contributed by atoms with Gasteiger partial charge in [-0.05, 0) is 25.5 Å². The highest BCUT2D eigenvalue weighted by Crippen LogP contribution is 2.36. The van der Waals surface area contributed by atoms with Gasteiger partial charge in [-0.15, -0.1) is 0 Å². The lowest BCUT2D eigenvalue weighted by atomic mass is 9.92. The van der Waals surface area contributed by atoms with Crippen molar-refractivity contribution in [2.75, 3.05) is 13.2 Å². The molecule has 96 valence electrons. The van der Waals surface area contributed by atoms with Crippen molar-refractivity contribution >= 4 is 0 Å². The average Bonchev–Trinajstić information content (AvgIpc) is 2.25. The summed E-state index contributed by atoms with van der Waals surface area (Å²) in [6, 6.07) is 4.98. The summed E-state index contributed by atoms with van der Waals surface area (Å²) in [5, 5.41) is 10.0. The molecule has 0 aliphatic rings. The second-order valence-electron chi connectivity index (χ2n) is 3.95. The number of halogens is 3. The first-order chi connectivity index (χ1) is 7.79. The normalized spacial score (nSPS) is 15.6. The third-order valence-corrected chi connectivity index (χ3v) is 2.40. The lowest BCUT2D eigenvalue weighted by Crippen LogP contribution is -2.30. The van der Waals surface area contributed by atoms with Crippen LogP contribution < -0.4 is 0 Å². The molecule has 0 spiro atoms. The van der Waals surface area contributed by atoms with E-state index in [0.29, 0.717) is 6.61 Å². The van der Waals surface area contributed by atoms with Gasteiger partial charge in [0.25, 0.3) is 0 Å². The fraction of sp³-hybridized carbons (Fsp3) is 0.500. The minimum atomic E-state index is -4.48. The van der Waals surface area contributed by atoms with Gasteiger partial charge in [0.15, 0.2) is 0 Å². The molecular weight excluding hydrogens is 233 g/mol. The molecule has 0 amide bonds. The van der Waals surface area contributed by atoms with Crippen LogP contribution in [0, 0.1) is 0 Å². The van der Waals surface area contributed by atoms with Crippen LogP contribution in [0.25, 0.3) is 0 Å². The zero-order chi connectivity index (χ0) is 13.1. The number of rotatable bonds is 4. The van der Waals surface area contributed by atoms with Gasteiger partial charge in [0, 0.05) is 6.61 Å². The summed E-state index contributed by atoms with van der Waals surface area (Å²) >= 11 is 0. The van der Waals surface area contributed by atoms with E-state index in [-0.39, 0.29) is 12.2 Å². The van der Waals surface area contributed by atoms with Crippen LogP contribution >= 0.6 is 0 Å². The van der Waals surface area contributed by atoms with E-state index in [9.17, 15) is 18.3 Å². The second-order valence-corrected chi connectivity index (χ2v) is 3.95. The zero-order valence-electron chi connectivity index (χ0n) is 9.71. The Morgan fingerprint density at radius 2 is 1.71 bits per heavy atom. The van der Waals surface area contributed by atoms with E-state index in [2.05, 4.69) is 0 Å². The van der Waals surface area contributed by atoms with Gasteiger partial charge in [0.2, 0.25) is 0 Å². The molecule has 0 saturated heterocycles.